The number of fused-ring (bicyclic) bond motifs is 1. The zero-order chi connectivity index (χ0) is 17.4. The van der Waals surface area contributed by atoms with Crippen molar-refractivity contribution in [2.24, 2.45) is 0 Å². The molecule has 4 aromatic rings. The molecule has 0 amide bonds. The van der Waals surface area contributed by atoms with Gasteiger partial charge in [-0.05, 0) is 24.3 Å². The Labute approximate surface area is 141 Å². The molecule has 0 aliphatic carbocycles. The van der Waals surface area contributed by atoms with Crippen molar-refractivity contribution >= 4 is 17.3 Å². The molecule has 4 rings (SSSR count). The lowest BCUT2D eigenvalue weighted by Crippen LogP contribution is -2.05. The third-order valence-corrected chi connectivity index (χ3v) is 3.91. The Morgan fingerprint density at radius 3 is 2.52 bits per heavy atom. The predicted molar refractivity (Wildman–Crippen MR) is 92.1 cm³/mol. The summed E-state index contributed by atoms with van der Waals surface area (Å²) in [6, 6.07) is 15.8. The van der Waals surface area contributed by atoms with E-state index in [1.807, 2.05) is 30.3 Å². The van der Waals surface area contributed by atoms with Crippen LogP contribution in [0.2, 0.25) is 0 Å². The zero-order valence-electron chi connectivity index (χ0n) is 12.9. The van der Waals surface area contributed by atoms with Gasteiger partial charge in [-0.3, -0.25) is 4.79 Å². The third kappa shape index (κ3) is 2.40. The zero-order valence-corrected chi connectivity index (χ0v) is 12.9. The molecule has 25 heavy (non-hydrogen) atoms. The SMILES string of the molecule is O=Cc1cn(-c2ccccc2)nc1-c1c(O)c2ccccc2oc1=O. The van der Waals surface area contributed by atoms with Crippen LogP contribution < -0.4 is 5.63 Å². The summed E-state index contributed by atoms with van der Waals surface area (Å²) in [5.41, 5.74) is 0.371. The fourth-order valence-electron chi connectivity index (χ4n) is 2.72. The molecule has 0 aliphatic heterocycles. The second kappa shape index (κ2) is 5.76. The van der Waals surface area contributed by atoms with Crippen molar-refractivity contribution in [3.05, 3.63) is 76.8 Å². The van der Waals surface area contributed by atoms with E-state index in [1.165, 1.54) is 10.9 Å². The first-order valence-corrected chi connectivity index (χ1v) is 7.54. The van der Waals surface area contributed by atoms with Gasteiger partial charge in [0.1, 0.15) is 22.6 Å². The van der Waals surface area contributed by atoms with Gasteiger partial charge in [-0.15, -0.1) is 0 Å². The highest BCUT2D eigenvalue weighted by Gasteiger charge is 2.22. The van der Waals surface area contributed by atoms with Crippen LogP contribution in [0.1, 0.15) is 10.4 Å². The van der Waals surface area contributed by atoms with Crippen LogP contribution in [0.15, 0.2) is 70.0 Å². The van der Waals surface area contributed by atoms with Gasteiger partial charge in [-0.2, -0.15) is 5.10 Å². The van der Waals surface area contributed by atoms with Gasteiger partial charge in [-0.25, -0.2) is 9.48 Å². The van der Waals surface area contributed by atoms with Crippen molar-refractivity contribution in [1.82, 2.24) is 9.78 Å². The van der Waals surface area contributed by atoms with E-state index in [-0.39, 0.29) is 28.2 Å². The molecule has 2 heterocycles. The van der Waals surface area contributed by atoms with Crippen LogP contribution in [0.25, 0.3) is 27.9 Å². The molecule has 0 bridgehead atoms. The van der Waals surface area contributed by atoms with Gasteiger partial charge in [0.15, 0.2) is 6.29 Å². The van der Waals surface area contributed by atoms with Gasteiger partial charge in [0, 0.05) is 6.20 Å². The molecular formula is C19H12N2O4. The summed E-state index contributed by atoms with van der Waals surface area (Å²) in [5.74, 6) is -0.256. The van der Waals surface area contributed by atoms with E-state index in [0.717, 1.165) is 5.69 Å². The van der Waals surface area contributed by atoms with Crippen molar-refractivity contribution in [2.45, 2.75) is 0 Å². The highest BCUT2D eigenvalue weighted by molar-refractivity contribution is 5.93. The Bertz CT molecular complexity index is 1140. The van der Waals surface area contributed by atoms with Gasteiger partial charge in [-0.1, -0.05) is 30.3 Å². The van der Waals surface area contributed by atoms with Crippen LogP contribution >= 0.6 is 0 Å². The molecule has 0 atom stereocenters. The summed E-state index contributed by atoms with van der Waals surface area (Å²) in [6.07, 6.45) is 2.10. The molecule has 6 heteroatoms. The fraction of sp³-hybridized carbons (Fsp3) is 0. The molecule has 2 aromatic carbocycles. The molecule has 6 nitrogen and oxygen atoms in total. The number of carbonyl (C=O) groups is 1. The number of carbonyl (C=O) groups excluding carboxylic acids is 1. The number of hydrogen-bond donors (Lipinski definition) is 1. The van der Waals surface area contributed by atoms with Crippen LogP contribution in [0.5, 0.6) is 5.75 Å². The van der Waals surface area contributed by atoms with Crippen LogP contribution in [0.4, 0.5) is 0 Å². The van der Waals surface area contributed by atoms with Gasteiger partial charge < -0.3 is 9.52 Å². The molecule has 0 radical (unpaired) electrons. The number of aldehydes is 1. The molecule has 0 fully saturated rings. The van der Waals surface area contributed by atoms with E-state index in [4.69, 9.17) is 4.42 Å². The first kappa shape index (κ1) is 14.9. The Morgan fingerprint density at radius 1 is 1.04 bits per heavy atom. The van der Waals surface area contributed by atoms with Crippen LogP contribution in [-0.2, 0) is 0 Å². The van der Waals surface area contributed by atoms with Crippen molar-refractivity contribution in [2.75, 3.05) is 0 Å². The Hall–Kier alpha value is -3.67. The summed E-state index contributed by atoms with van der Waals surface area (Å²) in [7, 11) is 0. The minimum absolute atomic E-state index is 0.0795. The number of benzene rings is 2. The Balaban J connectivity index is 1.99. The molecule has 0 unspecified atom stereocenters. The molecule has 0 spiro atoms. The van der Waals surface area contributed by atoms with Crippen LogP contribution in [-0.4, -0.2) is 21.2 Å². The average Bonchev–Trinajstić information content (AvgIpc) is 3.06. The lowest BCUT2D eigenvalue weighted by Gasteiger charge is -2.05. The van der Waals surface area contributed by atoms with Gasteiger partial charge in [0.2, 0.25) is 0 Å². The van der Waals surface area contributed by atoms with E-state index in [1.54, 1.807) is 24.3 Å². The summed E-state index contributed by atoms with van der Waals surface area (Å²) in [6.45, 7) is 0. The van der Waals surface area contributed by atoms with Crippen molar-refractivity contribution in [3.63, 3.8) is 0 Å². The van der Waals surface area contributed by atoms with Gasteiger partial charge >= 0.3 is 5.63 Å². The summed E-state index contributed by atoms with van der Waals surface area (Å²) < 4.78 is 6.74. The molecule has 0 saturated heterocycles. The summed E-state index contributed by atoms with van der Waals surface area (Å²) in [5, 5.41) is 15.3. The topological polar surface area (TPSA) is 85.3 Å². The maximum Gasteiger partial charge on any atom is 0.349 e. The molecule has 1 N–H and O–H groups in total. The quantitative estimate of drug-likeness (QED) is 0.460. The number of aromatic hydroxyl groups is 1. The molecular weight excluding hydrogens is 320 g/mol. The number of para-hydroxylation sites is 2. The second-order valence-corrected chi connectivity index (χ2v) is 5.44. The Kier molecular flexibility index (Phi) is 3.43. The minimum Gasteiger partial charge on any atom is -0.506 e. The van der Waals surface area contributed by atoms with Gasteiger partial charge in [0.05, 0.1) is 16.6 Å². The summed E-state index contributed by atoms with van der Waals surface area (Å²) >= 11 is 0. The van der Waals surface area contributed by atoms with Crippen molar-refractivity contribution in [1.29, 1.82) is 0 Å². The highest BCUT2D eigenvalue weighted by Crippen LogP contribution is 2.33. The van der Waals surface area contributed by atoms with E-state index in [2.05, 4.69) is 5.10 Å². The van der Waals surface area contributed by atoms with E-state index in [0.29, 0.717) is 11.7 Å². The lowest BCUT2D eigenvalue weighted by molar-refractivity contribution is 0.112. The van der Waals surface area contributed by atoms with Gasteiger partial charge in [0.25, 0.3) is 0 Å². The number of hydrogen-bond acceptors (Lipinski definition) is 5. The van der Waals surface area contributed by atoms with Crippen LogP contribution in [0, 0.1) is 0 Å². The minimum atomic E-state index is -0.752. The smallest absolute Gasteiger partial charge is 0.349 e. The van der Waals surface area contributed by atoms with E-state index in [9.17, 15) is 14.7 Å². The summed E-state index contributed by atoms with van der Waals surface area (Å²) in [4.78, 5) is 23.8. The molecule has 2 aromatic heterocycles. The van der Waals surface area contributed by atoms with Crippen molar-refractivity contribution in [3.8, 4) is 22.7 Å². The average molecular weight is 332 g/mol. The van der Waals surface area contributed by atoms with E-state index < -0.39 is 5.63 Å². The van der Waals surface area contributed by atoms with Crippen LogP contribution in [0.3, 0.4) is 0 Å². The standard InChI is InChI=1S/C19H12N2O4/c22-11-12-10-21(13-6-2-1-3-7-13)20-17(12)16-18(23)14-8-4-5-9-15(14)25-19(16)24/h1-11,23H. The normalized spacial score (nSPS) is 10.9. The molecule has 0 aliphatic rings. The maximum absolute atomic E-state index is 12.4. The Morgan fingerprint density at radius 2 is 1.76 bits per heavy atom. The van der Waals surface area contributed by atoms with Crippen molar-refractivity contribution < 1.29 is 14.3 Å². The fourth-order valence-corrected chi connectivity index (χ4v) is 2.72. The maximum atomic E-state index is 12.4. The first-order valence-electron chi connectivity index (χ1n) is 7.54. The molecule has 122 valence electrons. The molecule has 0 saturated carbocycles. The monoisotopic (exact) mass is 332 g/mol. The second-order valence-electron chi connectivity index (χ2n) is 5.44. The lowest BCUT2D eigenvalue weighted by atomic mass is 10.1. The highest BCUT2D eigenvalue weighted by atomic mass is 16.4. The third-order valence-electron chi connectivity index (χ3n) is 3.91. The predicted octanol–water partition coefficient (Wildman–Crippen LogP) is 3.16. The van der Waals surface area contributed by atoms with E-state index >= 15 is 0 Å². The number of nitrogens with zero attached hydrogens (tertiary/aromatic N) is 2. The largest absolute Gasteiger partial charge is 0.506 e. The number of rotatable bonds is 3. The number of aromatic nitrogens is 2. The first-order chi connectivity index (χ1) is 12.2.